The highest BCUT2D eigenvalue weighted by Crippen LogP contribution is 2.18. The Kier molecular flexibility index (Phi) is 4.81. The van der Waals surface area contributed by atoms with Gasteiger partial charge >= 0.3 is 0 Å². The van der Waals surface area contributed by atoms with Crippen molar-refractivity contribution in [2.24, 2.45) is 0 Å². The first-order valence-electron chi connectivity index (χ1n) is 8.70. The molecule has 27 heavy (non-hydrogen) atoms. The van der Waals surface area contributed by atoms with Crippen molar-refractivity contribution in [3.63, 3.8) is 0 Å². The topological polar surface area (TPSA) is 75.9 Å². The number of rotatable bonds is 4. The van der Waals surface area contributed by atoms with Crippen molar-refractivity contribution in [1.82, 2.24) is 24.7 Å². The van der Waals surface area contributed by atoms with E-state index in [1.807, 2.05) is 24.0 Å². The van der Waals surface area contributed by atoms with Gasteiger partial charge in [0.05, 0.1) is 0 Å². The highest BCUT2D eigenvalue weighted by Gasteiger charge is 2.22. The van der Waals surface area contributed by atoms with Gasteiger partial charge in [-0.25, -0.2) is 0 Å². The van der Waals surface area contributed by atoms with Crippen molar-refractivity contribution in [3.8, 4) is 5.75 Å². The summed E-state index contributed by atoms with van der Waals surface area (Å²) in [7, 11) is 0. The molecule has 1 fully saturated rings. The Morgan fingerprint density at radius 1 is 1.15 bits per heavy atom. The Morgan fingerprint density at radius 2 is 1.96 bits per heavy atom. The van der Waals surface area contributed by atoms with Gasteiger partial charge in [0.1, 0.15) is 11.6 Å². The van der Waals surface area contributed by atoms with Crippen molar-refractivity contribution in [3.05, 3.63) is 47.2 Å². The molecule has 4 rings (SSSR count). The maximum atomic E-state index is 12.4. The minimum absolute atomic E-state index is 0.00442. The predicted octanol–water partition coefficient (Wildman–Crippen LogP) is 1.81. The van der Waals surface area contributed by atoms with E-state index in [0.717, 1.165) is 17.3 Å². The van der Waals surface area contributed by atoms with Gasteiger partial charge in [0, 0.05) is 31.2 Å². The molecule has 0 N–H and O–H groups in total. The normalized spacial score (nSPS) is 14.6. The number of anilines is 1. The molecule has 0 aliphatic carbocycles. The Bertz CT molecular complexity index is 967. The molecule has 1 aliphatic rings. The molecule has 0 radical (unpaired) electrons. The van der Waals surface area contributed by atoms with Crippen molar-refractivity contribution >= 4 is 29.0 Å². The number of aromatic nitrogens is 4. The van der Waals surface area contributed by atoms with Crippen molar-refractivity contribution < 1.29 is 9.53 Å². The van der Waals surface area contributed by atoms with E-state index >= 15 is 0 Å². The molecule has 3 heterocycles. The first-order valence-corrected chi connectivity index (χ1v) is 9.08. The molecule has 0 unspecified atom stereocenters. The van der Waals surface area contributed by atoms with Crippen LogP contribution in [-0.4, -0.2) is 63.4 Å². The summed E-state index contributed by atoms with van der Waals surface area (Å²) in [6, 6.07) is 10.9. The van der Waals surface area contributed by atoms with E-state index in [1.165, 1.54) is 0 Å². The van der Waals surface area contributed by atoms with Crippen LogP contribution >= 0.6 is 11.6 Å². The summed E-state index contributed by atoms with van der Waals surface area (Å²) in [5.74, 6) is 2.16. The van der Waals surface area contributed by atoms with E-state index in [0.29, 0.717) is 37.0 Å². The van der Waals surface area contributed by atoms with Gasteiger partial charge in [-0.05, 0) is 37.3 Å². The minimum atomic E-state index is -0.0345. The monoisotopic (exact) mass is 386 g/mol. The third-order valence-corrected chi connectivity index (χ3v) is 4.75. The number of carbonyl (C=O) groups excluding carboxylic acids is 1. The first-order chi connectivity index (χ1) is 13.1. The summed E-state index contributed by atoms with van der Waals surface area (Å²) < 4.78 is 7.27. The summed E-state index contributed by atoms with van der Waals surface area (Å²) in [4.78, 5) is 16.4. The SMILES string of the molecule is Cc1nnc2ccc(N3CCN(C(=O)COc4cccc(Cl)c4)CC3)nn12. The van der Waals surface area contributed by atoms with Gasteiger partial charge in [0.15, 0.2) is 18.1 Å². The number of nitrogens with zero attached hydrogens (tertiary/aromatic N) is 6. The molecular formula is C18H19ClN6O2. The molecule has 140 valence electrons. The number of amides is 1. The average molecular weight is 387 g/mol. The average Bonchev–Trinajstić information content (AvgIpc) is 3.07. The molecule has 1 amide bonds. The molecule has 0 saturated carbocycles. The van der Waals surface area contributed by atoms with Gasteiger partial charge in [-0.3, -0.25) is 4.79 Å². The summed E-state index contributed by atoms with van der Waals surface area (Å²) >= 11 is 5.93. The number of halogens is 1. The van der Waals surface area contributed by atoms with Gasteiger partial charge < -0.3 is 14.5 Å². The number of piperazine rings is 1. The third kappa shape index (κ3) is 3.80. The lowest BCUT2D eigenvalue weighted by atomic mass is 10.3. The highest BCUT2D eigenvalue weighted by atomic mass is 35.5. The fourth-order valence-electron chi connectivity index (χ4n) is 3.03. The molecule has 1 saturated heterocycles. The molecule has 8 nitrogen and oxygen atoms in total. The van der Waals surface area contributed by atoms with Crippen molar-refractivity contribution in [2.75, 3.05) is 37.7 Å². The van der Waals surface area contributed by atoms with E-state index < -0.39 is 0 Å². The van der Waals surface area contributed by atoms with Gasteiger partial charge in [-0.15, -0.1) is 15.3 Å². The molecule has 1 aliphatic heterocycles. The number of aryl methyl sites for hydroxylation is 1. The van der Waals surface area contributed by atoms with Crippen LogP contribution < -0.4 is 9.64 Å². The Balaban J connectivity index is 1.33. The zero-order valence-electron chi connectivity index (χ0n) is 14.9. The van der Waals surface area contributed by atoms with Crippen molar-refractivity contribution in [1.29, 1.82) is 0 Å². The first kappa shape index (κ1) is 17.5. The van der Waals surface area contributed by atoms with Gasteiger partial charge in [-0.2, -0.15) is 4.52 Å². The lowest BCUT2D eigenvalue weighted by molar-refractivity contribution is -0.133. The number of hydrogen-bond donors (Lipinski definition) is 0. The van der Waals surface area contributed by atoms with Crippen LogP contribution in [0.2, 0.25) is 5.02 Å². The third-order valence-electron chi connectivity index (χ3n) is 4.52. The Morgan fingerprint density at radius 3 is 2.74 bits per heavy atom. The molecule has 9 heteroatoms. The number of fused-ring (bicyclic) bond motifs is 1. The predicted molar refractivity (Wildman–Crippen MR) is 101 cm³/mol. The van der Waals surface area contributed by atoms with Gasteiger partial charge in [0.2, 0.25) is 0 Å². The minimum Gasteiger partial charge on any atom is -0.484 e. The summed E-state index contributed by atoms with van der Waals surface area (Å²) in [5, 5.41) is 13.2. The summed E-state index contributed by atoms with van der Waals surface area (Å²) in [6.07, 6.45) is 0. The van der Waals surface area contributed by atoms with Crippen LogP contribution in [0.5, 0.6) is 5.75 Å². The van der Waals surface area contributed by atoms with E-state index in [9.17, 15) is 4.79 Å². The second-order valence-electron chi connectivity index (χ2n) is 6.32. The Hall–Kier alpha value is -2.87. The molecule has 3 aromatic rings. The fourth-order valence-corrected chi connectivity index (χ4v) is 3.21. The maximum absolute atomic E-state index is 12.4. The smallest absolute Gasteiger partial charge is 0.260 e. The highest BCUT2D eigenvalue weighted by molar-refractivity contribution is 6.30. The molecule has 2 aromatic heterocycles. The fraction of sp³-hybridized carbons (Fsp3) is 0.333. The van der Waals surface area contributed by atoms with Crippen molar-refractivity contribution in [2.45, 2.75) is 6.92 Å². The molecular weight excluding hydrogens is 368 g/mol. The second-order valence-corrected chi connectivity index (χ2v) is 6.76. The van der Waals surface area contributed by atoms with Gasteiger partial charge in [0.25, 0.3) is 5.91 Å². The zero-order chi connectivity index (χ0) is 18.8. The summed E-state index contributed by atoms with van der Waals surface area (Å²) in [5.41, 5.74) is 0.725. The van der Waals surface area contributed by atoms with Crippen LogP contribution in [-0.2, 0) is 4.79 Å². The lowest BCUT2D eigenvalue weighted by Crippen LogP contribution is -2.50. The lowest BCUT2D eigenvalue weighted by Gasteiger charge is -2.35. The largest absolute Gasteiger partial charge is 0.484 e. The second kappa shape index (κ2) is 7.40. The standard InChI is InChI=1S/C18H19ClN6O2/c1-13-20-21-16-5-6-17(22-25(13)16)23-7-9-24(10-8-23)18(26)12-27-15-4-2-3-14(19)11-15/h2-6,11H,7-10,12H2,1H3. The molecule has 0 spiro atoms. The summed E-state index contributed by atoms with van der Waals surface area (Å²) in [6.45, 7) is 4.54. The van der Waals surface area contributed by atoms with E-state index in [2.05, 4.69) is 20.2 Å². The van der Waals surface area contributed by atoms with Crippen LogP contribution in [0.1, 0.15) is 5.82 Å². The number of carbonyl (C=O) groups is 1. The van der Waals surface area contributed by atoms with Gasteiger partial charge in [-0.1, -0.05) is 17.7 Å². The number of ether oxygens (including phenoxy) is 1. The van der Waals surface area contributed by atoms with E-state index in [4.69, 9.17) is 16.3 Å². The quantitative estimate of drug-likeness (QED) is 0.680. The molecule has 0 bridgehead atoms. The van der Waals surface area contributed by atoms with E-state index in [1.54, 1.807) is 28.8 Å². The Labute approximate surface area is 161 Å². The van der Waals surface area contributed by atoms with Crippen LogP contribution in [0, 0.1) is 6.92 Å². The maximum Gasteiger partial charge on any atom is 0.260 e. The molecule has 0 atom stereocenters. The number of hydrogen-bond acceptors (Lipinski definition) is 6. The van der Waals surface area contributed by atoms with E-state index in [-0.39, 0.29) is 12.5 Å². The van der Waals surface area contributed by atoms with Crippen LogP contribution in [0.3, 0.4) is 0 Å². The van der Waals surface area contributed by atoms with Crippen LogP contribution in [0.25, 0.3) is 5.65 Å². The van der Waals surface area contributed by atoms with Crippen LogP contribution in [0.4, 0.5) is 5.82 Å². The van der Waals surface area contributed by atoms with Crippen LogP contribution in [0.15, 0.2) is 36.4 Å². The zero-order valence-corrected chi connectivity index (χ0v) is 15.6. The molecule has 1 aromatic carbocycles. The number of benzene rings is 1.